The van der Waals surface area contributed by atoms with Crippen LogP contribution in [-0.4, -0.2) is 74.9 Å². The minimum Gasteiger partial charge on any atom is -1.00 e. The van der Waals surface area contributed by atoms with E-state index in [0.29, 0.717) is 6.42 Å². The number of hydrogen-bond donors (Lipinski definition) is 5. The van der Waals surface area contributed by atoms with Gasteiger partial charge in [-0.2, -0.15) is 0 Å². The molecule has 4 atom stereocenters. The van der Waals surface area contributed by atoms with Crippen molar-refractivity contribution in [3.63, 3.8) is 0 Å². The zero-order valence-corrected chi connectivity index (χ0v) is 19.3. The van der Waals surface area contributed by atoms with Crippen LogP contribution in [0.1, 0.15) is 72.6 Å². The van der Waals surface area contributed by atoms with Crippen LogP contribution in [-0.2, 0) is 14.3 Å². The molecule has 0 saturated carbocycles. The summed E-state index contributed by atoms with van der Waals surface area (Å²) in [6.07, 6.45) is 3.06. The second-order valence-corrected chi connectivity index (χ2v) is 6.86. The number of ketones is 1. The van der Waals surface area contributed by atoms with Gasteiger partial charge in [0.05, 0.1) is 13.2 Å². The number of Topliss-reactive ketones (excluding diaryl/α,β-unsaturated/α-hetero) is 1. The van der Waals surface area contributed by atoms with Crippen LogP contribution in [0.25, 0.3) is 0 Å². The number of carbonyl (C=O) groups excluding carboxylic acids is 2. The molecule has 0 aliphatic rings. The zero-order chi connectivity index (χ0) is 20.7. The van der Waals surface area contributed by atoms with Crippen LogP contribution in [0.4, 0.5) is 0 Å². The number of carbonyl (C=O) groups is 2. The molecule has 0 rings (SSSR count). The summed E-state index contributed by atoms with van der Waals surface area (Å²) in [5.41, 5.74) is 0. The summed E-state index contributed by atoms with van der Waals surface area (Å²) in [6.45, 7) is 1.35. The molecule has 28 heavy (non-hydrogen) atoms. The minimum absolute atomic E-state index is 0. The van der Waals surface area contributed by atoms with E-state index in [0.717, 1.165) is 19.3 Å². The Morgan fingerprint density at radius 3 is 1.75 bits per heavy atom. The third-order valence-electron chi connectivity index (χ3n) is 4.46. The number of aliphatic hydroxyl groups excluding tert-OH is 5. The van der Waals surface area contributed by atoms with Gasteiger partial charge in [0.15, 0.2) is 6.10 Å². The molecule has 0 aromatic carbocycles. The van der Waals surface area contributed by atoms with E-state index in [9.17, 15) is 30.0 Å². The van der Waals surface area contributed by atoms with Gasteiger partial charge < -0.3 is 31.7 Å². The number of hydrogen-bond acceptors (Lipinski definition) is 8. The van der Waals surface area contributed by atoms with Crippen LogP contribution < -0.4 is 29.6 Å². The number of aliphatic hydroxyl groups is 5. The summed E-state index contributed by atoms with van der Waals surface area (Å²) >= 11 is 0. The van der Waals surface area contributed by atoms with Gasteiger partial charge in [-0.25, -0.2) is 4.79 Å². The van der Waals surface area contributed by atoms with Crippen LogP contribution in [0.5, 0.6) is 0 Å². The monoisotopic (exact) mass is 416 g/mol. The van der Waals surface area contributed by atoms with Crippen LogP contribution in [0.3, 0.4) is 0 Å². The number of esters is 1. The van der Waals surface area contributed by atoms with E-state index in [1.807, 2.05) is 0 Å². The van der Waals surface area contributed by atoms with Crippen molar-refractivity contribution in [2.24, 2.45) is 0 Å². The molecule has 0 heterocycles. The Hall–Kier alpha value is -0.0600. The van der Waals surface area contributed by atoms with E-state index in [2.05, 4.69) is 6.92 Å². The quantitative estimate of drug-likeness (QED) is 0.0762. The van der Waals surface area contributed by atoms with E-state index < -0.39 is 42.8 Å². The van der Waals surface area contributed by atoms with Crippen molar-refractivity contribution >= 4 is 11.8 Å². The number of unbranched alkanes of at least 4 members (excludes halogenated alkanes) is 9. The second kappa shape index (κ2) is 18.9. The molecule has 0 radical (unpaired) electrons. The molecular formula is C19H37NaO8. The maximum absolute atomic E-state index is 11.7. The average molecular weight is 416 g/mol. The van der Waals surface area contributed by atoms with Gasteiger partial charge in [0.1, 0.15) is 18.3 Å². The van der Waals surface area contributed by atoms with Crippen molar-refractivity contribution in [1.82, 2.24) is 0 Å². The first-order valence-corrected chi connectivity index (χ1v) is 9.90. The van der Waals surface area contributed by atoms with Crippen molar-refractivity contribution < 1.29 is 70.8 Å². The minimum atomic E-state index is -2.23. The third kappa shape index (κ3) is 13.2. The van der Waals surface area contributed by atoms with Crippen molar-refractivity contribution in [1.29, 1.82) is 0 Å². The zero-order valence-electron chi connectivity index (χ0n) is 18.3. The molecule has 0 spiro atoms. The first kappa shape index (κ1) is 30.1. The number of rotatable bonds is 17. The maximum atomic E-state index is 11.7. The summed E-state index contributed by atoms with van der Waals surface area (Å²) < 4.78 is 4.76. The first-order valence-electron chi connectivity index (χ1n) is 9.90. The molecule has 0 amide bonds. The maximum Gasteiger partial charge on any atom is 1.00 e. The summed E-state index contributed by atoms with van der Waals surface area (Å²) in [6, 6.07) is 0. The van der Waals surface area contributed by atoms with E-state index in [1.165, 1.54) is 38.5 Å². The molecular weight excluding hydrogens is 379 g/mol. The van der Waals surface area contributed by atoms with Crippen LogP contribution in [0.2, 0.25) is 0 Å². The van der Waals surface area contributed by atoms with Gasteiger partial charge in [-0.15, -0.1) is 0 Å². The average Bonchev–Trinajstić information content (AvgIpc) is 2.68. The Kier molecular flexibility index (Phi) is 20.4. The molecule has 0 aromatic heterocycles. The Morgan fingerprint density at radius 1 is 0.821 bits per heavy atom. The van der Waals surface area contributed by atoms with Crippen LogP contribution >= 0.6 is 0 Å². The second-order valence-electron chi connectivity index (χ2n) is 6.86. The third-order valence-corrected chi connectivity index (χ3v) is 4.46. The van der Waals surface area contributed by atoms with Crippen molar-refractivity contribution in [3.05, 3.63) is 0 Å². The summed E-state index contributed by atoms with van der Waals surface area (Å²) in [5, 5.41) is 46.5. The van der Waals surface area contributed by atoms with Gasteiger partial charge in [0.25, 0.3) is 5.78 Å². The predicted octanol–water partition coefficient (Wildman–Crippen LogP) is -2.43. The topological polar surface area (TPSA) is 145 Å². The molecule has 8 nitrogen and oxygen atoms in total. The van der Waals surface area contributed by atoms with Crippen LogP contribution in [0, 0.1) is 0 Å². The molecule has 0 aliphatic heterocycles. The van der Waals surface area contributed by atoms with Gasteiger partial charge in [0.2, 0.25) is 0 Å². The van der Waals surface area contributed by atoms with E-state index >= 15 is 0 Å². The fourth-order valence-corrected chi connectivity index (χ4v) is 2.62. The molecule has 0 aliphatic carbocycles. The molecule has 9 heteroatoms. The van der Waals surface area contributed by atoms with Gasteiger partial charge in [-0.3, -0.25) is 4.79 Å². The SMILES string of the molecule is CCCCCCCCCCCCOC(=O)C(=O)[C@H](O)[C@@H](O)[C@H](O)[C@H](O)CO.[H-].[Na+]. The van der Waals surface area contributed by atoms with Gasteiger partial charge in [0, 0.05) is 0 Å². The standard InChI is InChI=1S/C19H36O8.Na.H/c1-2-3-4-5-6-7-8-9-10-11-12-27-19(26)18(25)17(24)16(23)15(22)14(21)13-20;;/h14-17,20-24H,2-13H2,1H3;;/q;+1;-1/t14-,15-,16+,17-;;/m1../s1. The molecule has 5 N–H and O–H groups in total. The normalized spacial score (nSPS) is 15.2. The first-order chi connectivity index (χ1) is 12.9. The van der Waals surface area contributed by atoms with Crippen LogP contribution in [0.15, 0.2) is 0 Å². The Balaban J connectivity index is -0.00000338. The van der Waals surface area contributed by atoms with E-state index in [-0.39, 0.29) is 37.6 Å². The summed E-state index contributed by atoms with van der Waals surface area (Å²) in [4.78, 5) is 23.2. The summed E-state index contributed by atoms with van der Waals surface area (Å²) in [7, 11) is 0. The van der Waals surface area contributed by atoms with Gasteiger partial charge >= 0.3 is 35.5 Å². The Morgan fingerprint density at radius 2 is 1.29 bits per heavy atom. The fraction of sp³-hybridized carbons (Fsp3) is 0.895. The molecule has 0 fully saturated rings. The Labute approximate surface area is 191 Å². The van der Waals surface area contributed by atoms with Crippen molar-refractivity contribution in [2.75, 3.05) is 13.2 Å². The van der Waals surface area contributed by atoms with Gasteiger partial charge in [-0.1, -0.05) is 64.7 Å². The van der Waals surface area contributed by atoms with Crippen molar-refractivity contribution in [2.45, 2.75) is 95.5 Å². The van der Waals surface area contributed by atoms with Gasteiger partial charge in [-0.05, 0) is 6.42 Å². The fourth-order valence-electron chi connectivity index (χ4n) is 2.62. The smallest absolute Gasteiger partial charge is 1.00 e. The van der Waals surface area contributed by atoms with E-state index in [1.54, 1.807) is 0 Å². The summed E-state index contributed by atoms with van der Waals surface area (Å²) in [5.74, 6) is -2.71. The molecule has 0 saturated heterocycles. The van der Waals surface area contributed by atoms with Crippen molar-refractivity contribution in [3.8, 4) is 0 Å². The Bertz CT molecular complexity index is 414. The molecule has 162 valence electrons. The molecule has 0 bridgehead atoms. The largest absolute Gasteiger partial charge is 1.00 e. The molecule has 0 unspecified atom stereocenters. The molecule has 0 aromatic rings. The predicted molar refractivity (Wildman–Crippen MR) is 100 cm³/mol. The number of ether oxygens (including phenoxy) is 1. The van der Waals surface area contributed by atoms with E-state index in [4.69, 9.17) is 9.84 Å².